The summed E-state index contributed by atoms with van der Waals surface area (Å²) in [6.45, 7) is 0. The number of hydrogen-bond donors (Lipinski definition) is 0. The van der Waals surface area contributed by atoms with Crippen molar-refractivity contribution in [3.05, 3.63) is 203 Å². The van der Waals surface area contributed by atoms with Crippen molar-refractivity contribution in [2.24, 2.45) is 0 Å². The van der Waals surface area contributed by atoms with E-state index in [4.69, 9.17) is 19.9 Å². The van der Waals surface area contributed by atoms with Crippen molar-refractivity contribution >= 4 is 32.8 Å². The van der Waals surface area contributed by atoms with Gasteiger partial charge in [0.25, 0.3) is 0 Å². The minimum absolute atomic E-state index is 0.512. The fraction of sp³-hybridized carbons (Fsp3) is 0. The van der Waals surface area contributed by atoms with E-state index in [0.29, 0.717) is 45.2 Å². The van der Waals surface area contributed by atoms with Gasteiger partial charge < -0.3 is 0 Å². The van der Waals surface area contributed by atoms with Crippen molar-refractivity contribution in [1.29, 1.82) is 0 Å². The zero-order valence-electron chi connectivity index (χ0n) is 29.8. The lowest BCUT2D eigenvalue weighted by atomic mass is 10.1. The highest BCUT2D eigenvalue weighted by Gasteiger charge is 2.19. The molecule has 264 valence electrons. The first kappa shape index (κ1) is 32.8. The maximum atomic E-state index is 14.3. The van der Waals surface area contributed by atoms with Crippen molar-refractivity contribution in [1.82, 2.24) is 29.1 Å². The van der Waals surface area contributed by atoms with E-state index >= 15 is 0 Å². The van der Waals surface area contributed by atoms with E-state index in [0.717, 1.165) is 44.3 Å². The highest BCUT2D eigenvalue weighted by atomic mass is 16.2. The van der Waals surface area contributed by atoms with Crippen LogP contribution in [0.25, 0.3) is 89.5 Å². The Kier molecular flexibility index (Phi) is 7.92. The molecule has 0 bridgehead atoms. The molecule has 0 saturated carbocycles. The van der Waals surface area contributed by atoms with E-state index in [1.165, 1.54) is 9.13 Å². The Morgan fingerprint density at radius 2 is 0.714 bits per heavy atom. The van der Waals surface area contributed by atoms with Gasteiger partial charge in [0.1, 0.15) is 0 Å². The quantitative estimate of drug-likeness (QED) is 0.159. The van der Waals surface area contributed by atoms with Crippen LogP contribution < -0.4 is 11.1 Å². The lowest BCUT2D eigenvalue weighted by Gasteiger charge is -2.16. The first-order valence-corrected chi connectivity index (χ1v) is 18.2. The average Bonchev–Trinajstić information content (AvgIpc) is 3.27. The summed E-state index contributed by atoms with van der Waals surface area (Å²) in [4.78, 5) is 48.5. The topological polar surface area (TPSA) is 95.6 Å². The second-order valence-electron chi connectivity index (χ2n) is 13.4. The molecule has 0 radical (unpaired) electrons. The zero-order chi connectivity index (χ0) is 37.6. The van der Waals surface area contributed by atoms with Gasteiger partial charge in [0.15, 0.2) is 11.6 Å². The molecule has 0 saturated heterocycles. The second-order valence-corrected chi connectivity index (χ2v) is 13.4. The van der Waals surface area contributed by atoms with Gasteiger partial charge in [-0.3, -0.25) is 18.7 Å². The van der Waals surface area contributed by atoms with E-state index in [1.54, 1.807) is 0 Å². The molecule has 10 rings (SSSR count). The molecule has 10 aromatic rings. The van der Waals surface area contributed by atoms with Crippen LogP contribution in [0.5, 0.6) is 0 Å². The molecule has 0 atom stereocenters. The SMILES string of the molecule is O=c1c(=O)n(-c2cccc(-c3nc(-c4ccccc4)c4ccccc4n3)c2)c2ccccc2n1-c1cccc(-c2nc(-c3ccccc3)c3ccccc3n2)c1. The average molecular weight is 723 g/mol. The minimum atomic E-state index is -0.691. The van der Waals surface area contributed by atoms with Gasteiger partial charge in [0.05, 0.1) is 44.8 Å². The van der Waals surface area contributed by atoms with Gasteiger partial charge in [-0.25, -0.2) is 19.9 Å². The van der Waals surface area contributed by atoms with Crippen LogP contribution in [-0.4, -0.2) is 29.1 Å². The molecule has 56 heavy (non-hydrogen) atoms. The normalized spacial score (nSPS) is 11.4. The van der Waals surface area contributed by atoms with Crippen LogP contribution in [0.3, 0.4) is 0 Å². The molecule has 8 heteroatoms. The molecule has 3 aromatic heterocycles. The summed E-state index contributed by atoms with van der Waals surface area (Å²) in [6, 6.07) is 58.2. The molecule has 0 amide bonds. The monoisotopic (exact) mass is 722 g/mol. The number of fused-ring (bicyclic) bond motifs is 3. The van der Waals surface area contributed by atoms with Crippen LogP contribution >= 0.6 is 0 Å². The van der Waals surface area contributed by atoms with Crippen LogP contribution in [0.4, 0.5) is 0 Å². The molecule has 8 nitrogen and oxygen atoms in total. The molecule has 0 aliphatic carbocycles. The van der Waals surface area contributed by atoms with Crippen LogP contribution in [0, 0.1) is 0 Å². The summed E-state index contributed by atoms with van der Waals surface area (Å²) in [5.41, 5.74) is 7.41. The molecular weight excluding hydrogens is 693 g/mol. The van der Waals surface area contributed by atoms with Crippen molar-refractivity contribution in [3.63, 3.8) is 0 Å². The molecular formula is C48H30N6O2. The molecule has 0 aliphatic rings. The Labute approximate surface area is 320 Å². The standard InChI is InChI=1S/C48H30N6O2/c55-47-48(56)54(36-22-14-20-34(30-36)46-50-40-26-10-8-24-38(40)44(52-46)32-17-5-2-6-18-32)42-28-12-11-27-41(42)53(47)35-21-13-19-33(29-35)45-49-39-25-9-7-23-37(39)43(51-45)31-15-3-1-4-16-31/h1-30H. The lowest BCUT2D eigenvalue weighted by molar-refractivity contribution is 0.918. The summed E-state index contributed by atoms with van der Waals surface area (Å²) in [7, 11) is 0. The highest BCUT2D eigenvalue weighted by molar-refractivity contribution is 5.95. The second kappa shape index (κ2) is 13.5. The summed E-state index contributed by atoms with van der Waals surface area (Å²) < 4.78 is 2.94. The van der Waals surface area contributed by atoms with Crippen LogP contribution in [0.1, 0.15) is 0 Å². The van der Waals surface area contributed by atoms with Gasteiger partial charge >= 0.3 is 11.1 Å². The number of rotatable bonds is 6. The highest BCUT2D eigenvalue weighted by Crippen LogP contribution is 2.32. The van der Waals surface area contributed by atoms with E-state index in [9.17, 15) is 9.59 Å². The van der Waals surface area contributed by atoms with Crippen molar-refractivity contribution in [2.45, 2.75) is 0 Å². The van der Waals surface area contributed by atoms with Crippen LogP contribution in [0.15, 0.2) is 192 Å². The smallest absolute Gasteiger partial charge is 0.271 e. The zero-order valence-corrected chi connectivity index (χ0v) is 29.8. The Balaban J connectivity index is 1.11. The number of nitrogens with zero attached hydrogens (tertiary/aromatic N) is 6. The lowest BCUT2D eigenvalue weighted by Crippen LogP contribution is -2.40. The number of para-hydroxylation sites is 4. The largest absolute Gasteiger partial charge is 0.321 e. The Morgan fingerprint density at radius 3 is 1.16 bits per heavy atom. The van der Waals surface area contributed by atoms with Crippen molar-refractivity contribution in [3.8, 4) is 56.7 Å². The van der Waals surface area contributed by atoms with E-state index in [2.05, 4.69) is 0 Å². The molecule has 3 heterocycles. The number of aromatic nitrogens is 6. The van der Waals surface area contributed by atoms with Gasteiger partial charge in [0, 0.05) is 33.0 Å². The number of benzene rings is 7. The summed E-state index contributed by atoms with van der Waals surface area (Å²) >= 11 is 0. The maximum Gasteiger partial charge on any atom is 0.321 e. The summed E-state index contributed by atoms with van der Waals surface area (Å²) in [6.07, 6.45) is 0. The molecule has 0 aliphatic heterocycles. The van der Waals surface area contributed by atoms with Gasteiger partial charge in [-0.05, 0) is 48.5 Å². The van der Waals surface area contributed by atoms with Crippen molar-refractivity contribution in [2.75, 3.05) is 0 Å². The van der Waals surface area contributed by atoms with Gasteiger partial charge in [-0.15, -0.1) is 0 Å². The summed E-state index contributed by atoms with van der Waals surface area (Å²) in [5, 5.41) is 1.88. The first-order valence-electron chi connectivity index (χ1n) is 18.2. The minimum Gasteiger partial charge on any atom is -0.271 e. The Morgan fingerprint density at radius 1 is 0.339 bits per heavy atom. The first-order chi connectivity index (χ1) is 27.6. The molecule has 0 fully saturated rings. The molecule has 0 N–H and O–H groups in total. The van der Waals surface area contributed by atoms with E-state index in [-0.39, 0.29) is 0 Å². The number of hydrogen-bond acceptors (Lipinski definition) is 6. The van der Waals surface area contributed by atoms with Gasteiger partial charge in [-0.2, -0.15) is 0 Å². The predicted molar refractivity (Wildman–Crippen MR) is 223 cm³/mol. The fourth-order valence-corrected chi connectivity index (χ4v) is 7.38. The van der Waals surface area contributed by atoms with Crippen LogP contribution in [0.2, 0.25) is 0 Å². The Hall–Kier alpha value is -7.84. The molecule has 0 unspecified atom stereocenters. The van der Waals surface area contributed by atoms with Crippen LogP contribution in [-0.2, 0) is 0 Å². The van der Waals surface area contributed by atoms with E-state index in [1.807, 2.05) is 182 Å². The van der Waals surface area contributed by atoms with Gasteiger partial charge in [0.2, 0.25) is 0 Å². The van der Waals surface area contributed by atoms with E-state index < -0.39 is 11.1 Å². The third-order valence-corrected chi connectivity index (χ3v) is 9.98. The third-order valence-electron chi connectivity index (χ3n) is 9.98. The predicted octanol–water partition coefficient (Wildman–Crippen LogP) is 9.70. The molecule has 0 spiro atoms. The van der Waals surface area contributed by atoms with Crippen molar-refractivity contribution < 1.29 is 0 Å². The third kappa shape index (κ3) is 5.64. The van der Waals surface area contributed by atoms with Gasteiger partial charge in [-0.1, -0.05) is 133 Å². The fourth-order valence-electron chi connectivity index (χ4n) is 7.38. The molecule has 7 aromatic carbocycles. The summed E-state index contributed by atoms with van der Waals surface area (Å²) in [5.74, 6) is 1.02. The maximum absolute atomic E-state index is 14.3. The Bertz CT molecular complexity index is 3030.